The van der Waals surface area contributed by atoms with Crippen molar-refractivity contribution < 1.29 is 13.9 Å². The summed E-state index contributed by atoms with van der Waals surface area (Å²) in [4.78, 5) is 0. The highest BCUT2D eigenvalue weighted by Crippen LogP contribution is 2.32. The molecule has 0 saturated carbocycles. The smallest absolute Gasteiger partial charge is 0.140 e. The Morgan fingerprint density at radius 2 is 1.83 bits per heavy atom. The molecule has 0 bridgehead atoms. The number of aliphatic hydroxyl groups excluding tert-OH is 1. The molecule has 0 unspecified atom stereocenters. The summed E-state index contributed by atoms with van der Waals surface area (Å²) < 4.78 is 18.4. The fourth-order valence-electron chi connectivity index (χ4n) is 2.09. The molecule has 1 aromatic heterocycles. The van der Waals surface area contributed by atoms with Crippen molar-refractivity contribution in [3.05, 3.63) is 60.1 Å². The number of fused-ring (bicyclic) bond motifs is 1. The first kappa shape index (κ1) is 11.0. The van der Waals surface area contributed by atoms with Crippen LogP contribution in [-0.2, 0) is 6.61 Å². The van der Waals surface area contributed by atoms with Gasteiger partial charge < -0.3 is 9.52 Å². The first-order valence-electron chi connectivity index (χ1n) is 5.65. The van der Waals surface area contributed by atoms with Crippen molar-refractivity contribution in [3.63, 3.8) is 0 Å². The second kappa shape index (κ2) is 4.27. The van der Waals surface area contributed by atoms with Crippen LogP contribution in [0.15, 0.2) is 53.1 Å². The molecule has 90 valence electrons. The lowest BCUT2D eigenvalue weighted by Crippen LogP contribution is -1.83. The lowest BCUT2D eigenvalue weighted by atomic mass is 10.0. The molecule has 0 atom stereocenters. The Hall–Kier alpha value is -2.13. The van der Waals surface area contributed by atoms with Crippen molar-refractivity contribution in [3.8, 4) is 11.1 Å². The zero-order chi connectivity index (χ0) is 12.5. The number of rotatable bonds is 2. The molecule has 0 spiro atoms. The molecular weight excluding hydrogens is 231 g/mol. The summed E-state index contributed by atoms with van der Waals surface area (Å²) in [5.41, 5.74) is 3.23. The summed E-state index contributed by atoms with van der Waals surface area (Å²) in [5.74, 6) is -0.261. The summed E-state index contributed by atoms with van der Waals surface area (Å²) in [5, 5.41) is 10.2. The van der Waals surface area contributed by atoms with Crippen molar-refractivity contribution in [1.29, 1.82) is 0 Å². The van der Waals surface area contributed by atoms with Gasteiger partial charge in [0.15, 0.2) is 0 Å². The topological polar surface area (TPSA) is 33.4 Å². The minimum absolute atomic E-state index is 0.0618. The molecule has 2 nitrogen and oxygen atoms in total. The van der Waals surface area contributed by atoms with E-state index in [0.717, 1.165) is 22.1 Å². The molecule has 0 aliphatic rings. The number of aliphatic hydroxyl groups is 1. The van der Waals surface area contributed by atoms with Crippen LogP contribution in [-0.4, -0.2) is 5.11 Å². The molecule has 18 heavy (non-hydrogen) atoms. The van der Waals surface area contributed by atoms with Gasteiger partial charge in [-0.05, 0) is 17.7 Å². The number of hydrogen-bond donors (Lipinski definition) is 1. The van der Waals surface area contributed by atoms with Gasteiger partial charge in [0, 0.05) is 16.5 Å². The maximum atomic E-state index is 12.9. The van der Waals surface area contributed by atoms with E-state index in [4.69, 9.17) is 4.42 Å². The fraction of sp³-hybridized carbons (Fsp3) is 0.0667. The third kappa shape index (κ3) is 1.69. The van der Waals surface area contributed by atoms with E-state index in [9.17, 15) is 9.50 Å². The number of benzene rings is 2. The van der Waals surface area contributed by atoms with E-state index < -0.39 is 0 Å². The van der Waals surface area contributed by atoms with Gasteiger partial charge in [-0.1, -0.05) is 30.3 Å². The van der Waals surface area contributed by atoms with E-state index in [1.54, 1.807) is 18.4 Å². The molecular formula is C15H11FO2. The van der Waals surface area contributed by atoms with Gasteiger partial charge in [-0.15, -0.1) is 0 Å². The zero-order valence-corrected chi connectivity index (χ0v) is 9.56. The Kier molecular flexibility index (Phi) is 2.61. The standard InChI is InChI=1S/C15H11FO2/c16-12-6-4-10(5-7-12)14-9-18-15-11(8-17)2-1-3-13(14)15/h1-7,9,17H,8H2. The highest BCUT2D eigenvalue weighted by atomic mass is 19.1. The first-order valence-corrected chi connectivity index (χ1v) is 5.65. The van der Waals surface area contributed by atoms with Crippen molar-refractivity contribution in [2.45, 2.75) is 6.61 Å². The van der Waals surface area contributed by atoms with E-state index >= 15 is 0 Å². The fourth-order valence-corrected chi connectivity index (χ4v) is 2.09. The number of furan rings is 1. The van der Waals surface area contributed by atoms with Gasteiger partial charge in [0.1, 0.15) is 11.4 Å². The van der Waals surface area contributed by atoms with E-state index in [2.05, 4.69) is 0 Å². The van der Waals surface area contributed by atoms with Crippen LogP contribution in [0.5, 0.6) is 0 Å². The van der Waals surface area contributed by atoms with E-state index in [-0.39, 0.29) is 12.4 Å². The van der Waals surface area contributed by atoms with Crippen LogP contribution in [0.25, 0.3) is 22.1 Å². The minimum Gasteiger partial charge on any atom is -0.463 e. The van der Waals surface area contributed by atoms with Gasteiger partial charge in [0.2, 0.25) is 0 Å². The molecule has 0 aliphatic carbocycles. The Labute approximate surface area is 103 Å². The zero-order valence-electron chi connectivity index (χ0n) is 9.56. The molecule has 0 radical (unpaired) electrons. The quantitative estimate of drug-likeness (QED) is 0.742. The highest BCUT2D eigenvalue weighted by molar-refractivity contribution is 5.95. The molecule has 3 heteroatoms. The number of halogens is 1. The monoisotopic (exact) mass is 242 g/mol. The maximum absolute atomic E-state index is 12.9. The lowest BCUT2D eigenvalue weighted by molar-refractivity contribution is 0.281. The molecule has 0 amide bonds. The normalized spacial score (nSPS) is 11.0. The summed E-state index contributed by atoms with van der Waals surface area (Å²) >= 11 is 0. The van der Waals surface area contributed by atoms with E-state index in [1.165, 1.54) is 12.1 Å². The summed E-state index contributed by atoms with van der Waals surface area (Å²) in [6.45, 7) is -0.0618. The highest BCUT2D eigenvalue weighted by Gasteiger charge is 2.10. The summed E-state index contributed by atoms with van der Waals surface area (Å²) in [6.07, 6.45) is 1.64. The van der Waals surface area contributed by atoms with Crippen LogP contribution in [0.1, 0.15) is 5.56 Å². The van der Waals surface area contributed by atoms with Gasteiger partial charge >= 0.3 is 0 Å². The van der Waals surface area contributed by atoms with E-state index in [0.29, 0.717) is 5.58 Å². The van der Waals surface area contributed by atoms with Crippen molar-refractivity contribution in [2.24, 2.45) is 0 Å². The Bertz CT molecular complexity index is 683. The van der Waals surface area contributed by atoms with Crippen LogP contribution in [0.4, 0.5) is 4.39 Å². The predicted octanol–water partition coefficient (Wildman–Crippen LogP) is 3.73. The summed E-state index contributed by atoms with van der Waals surface area (Å²) in [7, 11) is 0. The van der Waals surface area contributed by atoms with E-state index in [1.807, 2.05) is 18.2 Å². The van der Waals surface area contributed by atoms with Crippen molar-refractivity contribution in [1.82, 2.24) is 0 Å². The first-order chi connectivity index (χ1) is 8.79. The van der Waals surface area contributed by atoms with Gasteiger partial charge in [-0.3, -0.25) is 0 Å². The van der Waals surface area contributed by atoms with Gasteiger partial charge in [0.25, 0.3) is 0 Å². The molecule has 3 rings (SSSR count). The molecule has 2 aromatic carbocycles. The lowest BCUT2D eigenvalue weighted by Gasteiger charge is -2.00. The third-order valence-electron chi connectivity index (χ3n) is 3.01. The van der Waals surface area contributed by atoms with Crippen LogP contribution in [0.3, 0.4) is 0 Å². The number of para-hydroxylation sites is 1. The average Bonchev–Trinajstić information content (AvgIpc) is 2.83. The molecule has 3 aromatic rings. The third-order valence-corrected chi connectivity index (χ3v) is 3.01. The molecule has 1 heterocycles. The average molecular weight is 242 g/mol. The SMILES string of the molecule is OCc1cccc2c(-c3ccc(F)cc3)coc12. The Morgan fingerprint density at radius 1 is 1.06 bits per heavy atom. The molecule has 0 fully saturated rings. The maximum Gasteiger partial charge on any atom is 0.140 e. The largest absolute Gasteiger partial charge is 0.463 e. The van der Waals surface area contributed by atoms with Gasteiger partial charge in [-0.2, -0.15) is 0 Å². The second-order valence-electron chi connectivity index (χ2n) is 4.11. The van der Waals surface area contributed by atoms with Gasteiger partial charge in [-0.25, -0.2) is 4.39 Å². The van der Waals surface area contributed by atoms with Crippen LogP contribution >= 0.6 is 0 Å². The second-order valence-corrected chi connectivity index (χ2v) is 4.11. The molecule has 0 saturated heterocycles. The molecule has 1 N–H and O–H groups in total. The minimum atomic E-state index is -0.261. The van der Waals surface area contributed by atoms with Crippen LogP contribution in [0.2, 0.25) is 0 Å². The van der Waals surface area contributed by atoms with Gasteiger partial charge in [0.05, 0.1) is 12.9 Å². The van der Waals surface area contributed by atoms with Crippen molar-refractivity contribution >= 4 is 11.0 Å². The number of hydrogen-bond acceptors (Lipinski definition) is 2. The Balaban J connectivity index is 2.21. The van der Waals surface area contributed by atoms with Crippen molar-refractivity contribution in [2.75, 3.05) is 0 Å². The van der Waals surface area contributed by atoms with Crippen LogP contribution < -0.4 is 0 Å². The predicted molar refractivity (Wildman–Crippen MR) is 67.5 cm³/mol. The van der Waals surface area contributed by atoms with Crippen LogP contribution in [0, 0.1) is 5.82 Å². The summed E-state index contributed by atoms with van der Waals surface area (Å²) in [6, 6.07) is 11.9. The Morgan fingerprint density at radius 3 is 2.56 bits per heavy atom. The molecule has 0 aliphatic heterocycles.